The van der Waals surface area contributed by atoms with Gasteiger partial charge < -0.3 is 9.47 Å². The van der Waals surface area contributed by atoms with Crippen molar-refractivity contribution < 1.29 is 26.3 Å². The van der Waals surface area contributed by atoms with Crippen molar-refractivity contribution in [3.63, 3.8) is 0 Å². The number of aromatic nitrogens is 1. The zero-order valence-corrected chi connectivity index (χ0v) is 19.6. The minimum absolute atomic E-state index is 0.0267. The van der Waals surface area contributed by atoms with E-state index in [-0.39, 0.29) is 14.8 Å². The third kappa shape index (κ3) is 5.21. The molecule has 1 N–H and O–H groups in total. The Labute approximate surface area is 192 Å². The first-order valence-electron chi connectivity index (χ1n) is 9.30. The molecule has 0 radical (unpaired) electrons. The number of nitrogens with one attached hydrogen (secondary N) is 1. The molecular formula is C21H21ClN2O6S2. The summed E-state index contributed by atoms with van der Waals surface area (Å²) < 4.78 is 64.9. The molecule has 1 aromatic heterocycles. The minimum atomic E-state index is -4.06. The fourth-order valence-electron chi connectivity index (χ4n) is 2.99. The van der Waals surface area contributed by atoms with Crippen LogP contribution in [0, 0.1) is 0 Å². The molecule has 3 rings (SSSR count). The van der Waals surface area contributed by atoms with E-state index in [0.29, 0.717) is 17.1 Å². The molecule has 2 aromatic carbocycles. The number of hydrogen-bond donors (Lipinski definition) is 1. The first-order chi connectivity index (χ1) is 15.2. The monoisotopic (exact) mass is 496 g/mol. The van der Waals surface area contributed by atoms with Gasteiger partial charge in [-0.1, -0.05) is 17.7 Å². The maximum atomic E-state index is 13.4. The number of sulfone groups is 1. The van der Waals surface area contributed by atoms with Crippen molar-refractivity contribution in [2.24, 2.45) is 0 Å². The number of pyridine rings is 1. The third-order valence-electron chi connectivity index (χ3n) is 4.71. The standard InChI is InChI=1S/C21H21ClN2O6S2/c1-29-16-5-7-17(8-6-16)31(25,26)21(15-4-3-11-23-13-15)14-24-32(27,28)18-9-10-20(30-2)19(22)12-18/h3-13,21,24H,14H2,1-2H3/t21-/m1/s1. The molecule has 0 fully saturated rings. The molecule has 1 heterocycles. The van der Waals surface area contributed by atoms with Crippen molar-refractivity contribution in [2.75, 3.05) is 20.8 Å². The Bertz CT molecular complexity index is 1280. The van der Waals surface area contributed by atoms with Gasteiger partial charge in [0.25, 0.3) is 0 Å². The lowest BCUT2D eigenvalue weighted by molar-refractivity contribution is 0.414. The lowest BCUT2D eigenvalue weighted by Gasteiger charge is -2.19. The van der Waals surface area contributed by atoms with Crippen LogP contribution in [0.5, 0.6) is 11.5 Å². The molecule has 0 saturated carbocycles. The number of benzene rings is 2. The van der Waals surface area contributed by atoms with Gasteiger partial charge in [-0.3, -0.25) is 4.98 Å². The smallest absolute Gasteiger partial charge is 0.240 e. The number of nitrogens with zero attached hydrogens (tertiary/aromatic N) is 1. The Morgan fingerprint density at radius 2 is 1.66 bits per heavy atom. The summed E-state index contributed by atoms with van der Waals surface area (Å²) in [5.74, 6) is 0.819. The molecule has 3 aromatic rings. The van der Waals surface area contributed by atoms with E-state index in [2.05, 4.69) is 9.71 Å². The van der Waals surface area contributed by atoms with Crippen molar-refractivity contribution in [3.8, 4) is 11.5 Å². The second kappa shape index (κ2) is 9.86. The maximum Gasteiger partial charge on any atom is 0.240 e. The van der Waals surface area contributed by atoms with Gasteiger partial charge >= 0.3 is 0 Å². The van der Waals surface area contributed by atoms with Gasteiger partial charge in [0.05, 0.1) is 29.0 Å². The summed E-state index contributed by atoms with van der Waals surface area (Å²) in [5, 5.41) is -1.10. The number of methoxy groups -OCH3 is 2. The first-order valence-corrected chi connectivity index (χ1v) is 12.7. The van der Waals surface area contributed by atoms with Crippen molar-refractivity contribution in [3.05, 3.63) is 77.6 Å². The molecular weight excluding hydrogens is 476 g/mol. The minimum Gasteiger partial charge on any atom is -0.497 e. The maximum absolute atomic E-state index is 13.4. The van der Waals surface area contributed by atoms with Crippen LogP contribution in [0.3, 0.4) is 0 Å². The van der Waals surface area contributed by atoms with Gasteiger partial charge in [-0.2, -0.15) is 0 Å². The molecule has 170 valence electrons. The molecule has 32 heavy (non-hydrogen) atoms. The van der Waals surface area contributed by atoms with Crippen LogP contribution in [0.25, 0.3) is 0 Å². The summed E-state index contributed by atoms with van der Waals surface area (Å²) in [4.78, 5) is 3.89. The number of ether oxygens (including phenoxy) is 2. The highest BCUT2D eigenvalue weighted by Gasteiger charge is 2.31. The summed E-state index contributed by atoms with van der Waals surface area (Å²) in [6.07, 6.45) is 2.90. The van der Waals surface area contributed by atoms with E-state index in [1.807, 2.05) is 0 Å². The molecule has 8 nitrogen and oxygen atoms in total. The summed E-state index contributed by atoms with van der Waals surface area (Å²) in [6, 6.07) is 13.0. The molecule has 0 aliphatic rings. The first kappa shape index (κ1) is 24.0. The van der Waals surface area contributed by atoms with Gasteiger partial charge in [-0.15, -0.1) is 0 Å². The number of rotatable bonds is 9. The van der Waals surface area contributed by atoms with Gasteiger partial charge in [0.1, 0.15) is 16.7 Å². The van der Waals surface area contributed by atoms with Crippen LogP contribution < -0.4 is 14.2 Å². The largest absolute Gasteiger partial charge is 0.497 e. The average Bonchev–Trinajstić information content (AvgIpc) is 2.79. The van der Waals surface area contributed by atoms with E-state index in [1.54, 1.807) is 12.1 Å². The highest BCUT2D eigenvalue weighted by Crippen LogP contribution is 2.30. The summed E-state index contributed by atoms with van der Waals surface area (Å²) in [5.41, 5.74) is 0.346. The molecule has 0 bridgehead atoms. The summed E-state index contributed by atoms with van der Waals surface area (Å²) in [6.45, 7) is -0.411. The van der Waals surface area contributed by atoms with E-state index in [9.17, 15) is 16.8 Å². The SMILES string of the molecule is COc1ccc(S(=O)(=O)[C@H](CNS(=O)(=O)c2ccc(OC)c(Cl)c2)c2cccnc2)cc1. The lowest BCUT2D eigenvalue weighted by Crippen LogP contribution is -2.32. The van der Waals surface area contributed by atoms with E-state index in [0.717, 1.165) is 0 Å². The molecule has 0 spiro atoms. The Balaban J connectivity index is 1.94. The second-order valence-electron chi connectivity index (χ2n) is 6.64. The van der Waals surface area contributed by atoms with E-state index < -0.39 is 31.7 Å². The molecule has 0 aliphatic heterocycles. The van der Waals surface area contributed by atoms with Crippen LogP contribution in [-0.2, 0) is 19.9 Å². The van der Waals surface area contributed by atoms with Crippen molar-refractivity contribution >= 4 is 31.5 Å². The summed E-state index contributed by atoms with van der Waals surface area (Å²) >= 11 is 6.04. The van der Waals surface area contributed by atoms with Crippen molar-refractivity contribution in [2.45, 2.75) is 15.0 Å². The predicted molar refractivity (Wildman–Crippen MR) is 120 cm³/mol. The number of hydrogen-bond acceptors (Lipinski definition) is 7. The Morgan fingerprint density at radius 1 is 0.969 bits per heavy atom. The van der Waals surface area contributed by atoms with Gasteiger partial charge in [-0.25, -0.2) is 21.6 Å². The van der Waals surface area contributed by atoms with Gasteiger partial charge in [0.2, 0.25) is 10.0 Å². The van der Waals surface area contributed by atoms with Gasteiger partial charge in [-0.05, 0) is 54.1 Å². The number of sulfonamides is 1. The second-order valence-corrected chi connectivity index (χ2v) is 10.9. The highest BCUT2D eigenvalue weighted by molar-refractivity contribution is 7.92. The zero-order chi connectivity index (χ0) is 23.4. The quantitative estimate of drug-likeness (QED) is 0.484. The molecule has 11 heteroatoms. The molecule has 0 unspecified atom stereocenters. The van der Waals surface area contributed by atoms with Crippen molar-refractivity contribution in [1.29, 1.82) is 0 Å². The summed E-state index contributed by atoms with van der Waals surface area (Å²) in [7, 11) is -5.14. The van der Waals surface area contributed by atoms with E-state index in [1.165, 1.54) is 69.1 Å². The zero-order valence-electron chi connectivity index (χ0n) is 17.2. The Morgan fingerprint density at radius 3 is 2.22 bits per heavy atom. The van der Waals surface area contributed by atoms with Crippen LogP contribution in [0.1, 0.15) is 10.8 Å². The van der Waals surface area contributed by atoms with Crippen LogP contribution in [0.4, 0.5) is 0 Å². The molecule has 0 aliphatic carbocycles. The fraction of sp³-hybridized carbons (Fsp3) is 0.190. The van der Waals surface area contributed by atoms with Crippen LogP contribution in [0.15, 0.2) is 76.8 Å². The normalized spacial score (nSPS) is 12.8. The lowest BCUT2D eigenvalue weighted by atomic mass is 10.2. The Hall–Kier alpha value is -2.66. The van der Waals surface area contributed by atoms with Crippen LogP contribution in [0.2, 0.25) is 5.02 Å². The average molecular weight is 497 g/mol. The molecule has 1 atom stereocenters. The van der Waals surface area contributed by atoms with Gasteiger partial charge in [0, 0.05) is 18.9 Å². The van der Waals surface area contributed by atoms with Crippen LogP contribution >= 0.6 is 11.6 Å². The van der Waals surface area contributed by atoms with E-state index in [4.69, 9.17) is 21.1 Å². The molecule has 0 amide bonds. The molecule has 0 saturated heterocycles. The fourth-order valence-corrected chi connectivity index (χ4v) is 6.13. The highest BCUT2D eigenvalue weighted by atomic mass is 35.5. The topological polar surface area (TPSA) is 112 Å². The van der Waals surface area contributed by atoms with Crippen molar-refractivity contribution in [1.82, 2.24) is 9.71 Å². The third-order valence-corrected chi connectivity index (χ3v) is 8.54. The van der Waals surface area contributed by atoms with Gasteiger partial charge in [0.15, 0.2) is 9.84 Å². The van der Waals surface area contributed by atoms with E-state index >= 15 is 0 Å². The number of halogens is 1. The predicted octanol–water partition coefficient (Wildman–Crippen LogP) is 3.25. The Kier molecular flexibility index (Phi) is 7.40. The van der Waals surface area contributed by atoms with Crippen LogP contribution in [-0.4, -0.2) is 42.6 Å².